The number of hydrogen-bond acceptors (Lipinski definition) is 3. The first-order valence-corrected chi connectivity index (χ1v) is 7.78. The molecule has 0 aliphatic rings. The van der Waals surface area contributed by atoms with Crippen molar-refractivity contribution in [1.29, 1.82) is 0 Å². The number of aryl methyl sites for hydroxylation is 1. The van der Waals surface area contributed by atoms with E-state index in [0.717, 1.165) is 10.0 Å². The molecule has 0 radical (unpaired) electrons. The Bertz CT molecular complexity index is 505. The summed E-state index contributed by atoms with van der Waals surface area (Å²) in [7, 11) is -1.94. The van der Waals surface area contributed by atoms with Gasteiger partial charge >= 0.3 is 0 Å². The first kappa shape index (κ1) is 14.6. The van der Waals surface area contributed by atoms with Crippen molar-refractivity contribution in [2.45, 2.75) is 6.92 Å². The smallest absolute Gasteiger partial charge is 0.234 e. The Kier molecular flexibility index (Phi) is 5.09. The van der Waals surface area contributed by atoms with Gasteiger partial charge in [-0.05, 0) is 24.6 Å². The van der Waals surface area contributed by atoms with Crippen molar-refractivity contribution in [3.8, 4) is 5.75 Å². The van der Waals surface area contributed by atoms with Crippen LogP contribution in [0.4, 0.5) is 5.69 Å². The van der Waals surface area contributed by atoms with Crippen LogP contribution in [0.5, 0.6) is 5.75 Å². The molecule has 4 nitrogen and oxygen atoms in total. The summed E-state index contributed by atoms with van der Waals surface area (Å²) in [5.41, 5.74) is 1.22. The molecule has 0 saturated carbocycles. The van der Waals surface area contributed by atoms with Crippen LogP contribution in [0.1, 0.15) is 5.56 Å². The topological polar surface area (TPSA) is 55.4 Å². The highest BCUT2D eigenvalue weighted by Gasteiger charge is 2.15. The Morgan fingerprint density at radius 1 is 1.47 bits per heavy atom. The van der Waals surface area contributed by atoms with Crippen molar-refractivity contribution < 1.29 is 13.2 Å². The van der Waals surface area contributed by atoms with Gasteiger partial charge in [0.05, 0.1) is 18.6 Å². The maximum absolute atomic E-state index is 11.6. The molecule has 1 aromatic carbocycles. The van der Waals surface area contributed by atoms with Gasteiger partial charge in [0.25, 0.3) is 0 Å². The SMILES string of the molecule is COc1cc(Br)cc(C)c1NS(=O)(=O)CCCl. The summed E-state index contributed by atoms with van der Waals surface area (Å²) in [6.07, 6.45) is 0. The van der Waals surface area contributed by atoms with Gasteiger partial charge in [-0.15, -0.1) is 11.6 Å². The van der Waals surface area contributed by atoms with Gasteiger partial charge in [0.1, 0.15) is 5.75 Å². The van der Waals surface area contributed by atoms with Crippen LogP contribution in [0.25, 0.3) is 0 Å². The van der Waals surface area contributed by atoms with Gasteiger partial charge in [0, 0.05) is 10.4 Å². The van der Waals surface area contributed by atoms with Crippen LogP contribution in [-0.4, -0.2) is 27.2 Å². The standard InChI is InChI=1S/C10H13BrClNO3S/c1-7-5-8(11)6-9(16-2)10(7)13-17(14,15)4-3-12/h5-6,13H,3-4H2,1-2H3. The lowest BCUT2D eigenvalue weighted by molar-refractivity contribution is 0.416. The molecule has 0 heterocycles. The maximum Gasteiger partial charge on any atom is 0.234 e. The van der Waals surface area contributed by atoms with Crippen molar-refractivity contribution >= 4 is 43.2 Å². The fourth-order valence-corrected chi connectivity index (χ4v) is 3.35. The van der Waals surface area contributed by atoms with Gasteiger partial charge in [-0.3, -0.25) is 4.72 Å². The highest BCUT2D eigenvalue weighted by atomic mass is 79.9. The Morgan fingerprint density at radius 2 is 2.12 bits per heavy atom. The highest BCUT2D eigenvalue weighted by Crippen LogP contribution is 2.32. The first-order chi connectivity index (χ1) is 7.89. The molecule has 0 aliphatic heterocycles. The number of hydrogen-bond donors (Lipinski definition) is 1. The average Bonchev–Trinajstić information content (AvgIpc) is 2.21. The zero-order valence-corrected chi connectivity index (χ0v) is 12.6. The zero-order valence-electron chi connectivity index (χ0n) is 9.46. The van der Waals surface area contributed by atoms with E-state index in [-0.39, 0.29) is 11.6 Å². The molecule has 0 saturated heterocycles. The monoisotopic (exact) mass is 341 g/mol. The van der Waals surface area contributed by atoms with Crippen LogP contribution in [0.2, 0.25) is 0 Å². The van der Waals surface area contributed by atoms with Gasteiger partial charge in [0.15, 0.2) is 0 Å². The largest absolute Gasteiger partial charge is 0.495 e. The van der Waals surface area contributed by atoms with E-state index in [9.17, 15) is 8.42 Å². The number of ether oxygens (including phenoxy) is 1. The lowest BCUT2D eigenvalue weighted by atomic mass is 10.2. The Labute approximate surface area is 114 Å². The second-order valence-electron chi connectivity index (χ2n) is 3.41. The molecule has 0 fully saturated rings. The van der Waals surface area contributed by atoms with Gasteiger partial charge in [-0.1, -0.05) is 15.9 Å². The van der Waals surface area contributed by atoms with E-state index in [1.807, 2.05) is 0 Å². The van der Waals surface area contributed by atoms with Crippen LogP contribution >= 0.6 is 27.5 Å². The Hall–Kier alpha value is -0.460. The fourth-order valence-electron chi connectivity index (χ4n) is 1.31. The van der Waals surface area contributed by atoms with Gasteiger partial charge in [0.2, 0.25) is 10.0 Å². The maximum atomic E-state index is 11.6. The normalized spacial score (nSPS) is 11.3. The lowest BCUT2D eigenvalue weighted by Crippen LogP contribution is -2.18. The van der Waals surface area contributed by atoms with Crippen molar-refractivity contribution in [1.82, 2.24) is 0 Å². The van der Waals surface area contributed by atoms with E-state index in [1.165, 1.54) is 7.11 Å². The zero-order chi connectivity index (χ0) is 13.1. The van der Waals surface area contributed by atoms with Crippen molar-refractivity contribution in [2.24, 2.45) is 0 Å². The van der Waals surface area contributed by atoms with Crippen LogP contribution in [0, 0.1) is 6.92 Å². The molecule has 0 bridgehead atoms. The van der Waals surface area contributed by atoms with Gasteiger partial charge in [-0.25, -0.2) is 8.42 Å². The summed E-state index contributed by atoms with van der Waals surface area (Å²) in [5, 5.41) is 0. The molecule has 0 spiro atoms. The molecular formula is C10H13BrClNO3S. The summed E-state index contributed by atoms with van der Waals surface area (Å²) >= 11 is 8.75. The molecule has 96 valence electrons. The summed E-state index contributed by atoms with van der Waals surface area (Å²) in [6.45, 7) is 1.80. The Morgan fingerprint density at radius 3 is 2.65 bits per heavy atom. The quantitative estimate of drug-likeness (QED) is 0.837. The minimum atomic E-state index is -3.43. The first-order valence-electron chi connectivity index (χ1n) is 4.80. The second kappa shape index (κ2) is 5.93. The van der Waals surface area contributed by atoms with E-state index < -0.39 is 10.0 Å². The summed E-state index contributed by atoms with van der Waals surface area (Å²) in [4.78, 5) is 0. The molecule has 0 amide bonds. The molecule has 0 aliphatic carbocycles. The number of nitrogens with one attached hydrogen (secondary N) is 1. The van der Waals surface area contributed by atoms with Crippen molar-refractivity contribution in [3.63, 3.8) is 0 Å². The minimum Gasteiger partial charge on any atom is -0.495 e. The highest BCUT2D eigenvalue weighted by molar-refractivity contribution is 9.10. The third-order valence-corrected chi connectivity index (χ3v) is 4.22. The number of methoxy groups -OCH3 is 1. The van der Waals surface area contributed by atoms with Crippen LogP contribution < -0.4 is 9.46 Å². The number of sulfonamides is 1. The molecule has 0 aromatic heterocycles. The molecule has 1 aromatic rings. The number of halogens is 2. The number of alkyl halides is 1. The minimum absolute atomic E-state index is 0.0488. The van der Waals surface area contributed by atoms with Crippen LogP contribution in [-0.2, 0) is 10.0 Å². The van der Waals surface area contributed by atoms with Gasteiger partial charge in [-0.2, -0.15) is 0 Å². The van der Waals surface area contributed by atoms with Crippen LogP contribution in [0.3, 0.4) is 0 Å². The third kappa shape index (κ3) is 4.04. The van der Waals surface area contributed by atoms with Crippen molar-refractivity contribution in [2.75, 3.05) is 23.5 Å². The average molecular weight is 343 g/mol. The van der Waals surface area contributed by atoms with E-state index in [0.29, 0.717) is 11.4 Å². The van der Waals surface area contributed by atoms with E-state index in [4.69, 9.17) is 16.3 Å². The van der Waals surface area contributed by atoms with E-state index >= 15 is 0 Å². The molecule has 0 atom stereocenters. The fraction of sp³-hybridized carbons (Fsp3) is 0.400. The lowest BCUT2D eigenvalue weighted by Gasteiger charge is -2.14. The van der Waals surface area contributed by atoms with Crippen molar-refractivity contribution in [3.05, 3.63) is 22.2 Å². The predicted octanol–water partition coefficient (Wildman–Crippen LogP) is 2.75. The van der Waals surface area contributed by atoms with Gasteiger partial charge < -0.3 is 4.74 Å². The summed E-state index contributed by atoms with van der Waals surface area (Å²) < 4.78 is 31.7. The summed E-state index contributed by atoms with van der Waals surface area (Å²) in [6, 6.07) is 3.51. The van der Waals surface area contributed by atoms with E-state index in [2.05, 4.69) is 20.7 Å². The summed E-state index contributed by atoms with van der Waals surface area (Å²) in [5.74, 6) is 0.385. The molecular weight excluding hydrogens is 330 g/mol. The third-order valence-electron chi connectivity index (χ3n) is 2.09. The van der Waals surface area contributed by atoms with Crippen LogP contribution in [0.15, 0.2) is 16.6 Å². The number of benzene rings is 1. The number of anilines is 1. The van der Waals surface area contributed by atoms with E-state index in [1.54, 1.807) is 19.1 Å². The second-order valence-corrected chi connectivity index (χ2v) is 6.55. The predicted molar refractivity (Wildman–Crippen MR) is 73.6 cm³/mol. The molecule has 7 heteroatoms. The Balaban J connectivity index is 3.14. The molecule has 1 rings (SSSR count). The number of rotatable bonds is 5. The molecule has 0 unspecified atom stereocenters. The molecule has 1 N–H and O–H groups in total. The molecule has 17 heavy (non-hydrogen) atoms.